The van der Waals surface area contributed by atoms with Gasteiger partial charge in [0, 0.05) is 0 Å². The SMILES string of the molecule is O=C(Oc1ccc(OCC2CO2)cc1)c1cc(C(=O)Oc2ccc(OCCCCOc3ccc(OC(=O)c4cc(C(=O)Oc5ccc(OCC6CO6)cc5)sn4)cc3)cc2)sn1. The molecule has 2 aliphatic rings. The van der Waals surface area contributed by atoms with E-state index in [1.807, 2.05) is 0 Å². The Balaban J connectivity index is 0.690. The van der Waals surface area contributed by atoms with Gasteiger partial charge in [-0.2, -0.15) is 8.75 Å². The third kappa shape index (κ3) is 12.4. The fraction of sp³-hybridized carbons (Fsp3) is 0.227. The number of ether oxygens (including phenoxy) is 10. The summed E-state index contributed by atoms with van der Waals surface area (Å²) < 4.78 is 62.7. The molecular weight excluding hydrogens is 845 g/mol. The highest BCUT2D eigenvalue weighted by atomic mass is 32.1. The second-order valence-corrected chi connectivity index (χ2v) is 15.1. The fourth-order valence-electron chi connectivity index (χ4n) is 5.28. The van der Waals surface area contributed by atoms with Crippen molar-refractivity contribution < 1.29 is 66.5 Å². The van der Waals surface area contributed by atoms with Gasteiger partial charge in [-0.05, 0) is 145 Å². The second-order valence-electron chi connectivity index (χ2n) is 13.5. The van der Waals surface area contributed by atoms with Gasteiger partial charge in [0.1, 0.15) is 81.2 Å². The normalized spacial score (nSPS) is 14.8. The van der Waals surface area contributed by atoms with Crippen LogP contribution < -0.4 is 37.9 Å². The van der Waals surface area contributed by atoms with Gasteiger partial charge in [-0.3, -0.25) is 0 Å². The summed E-state index contributed by atoms with van der Waals surface area (Å²) in [6, 6.07) is 29.0. The zero-order chi connectivity index (χ0) is 42.7. The van der Waals surface area contributed by atoms with Crippen molar-refractivity contribution in [2.45, 2.75) is 25.0 Å². The average molecular weight is 881 g/mol. The number of hydrogen-bond acceptors (Lipinski definition) is 18. The Labute approximate surface area is 362 Å². The standard InChI is InChI=1S/C44H36N2O14S2/c47-41(37-21-40(62-45-37)44(50)60-34-17-9-30(10-18-34)54-24-36-26-56-36)57-31-11-3-27(4-12-31)51-19-1-2-20-52-28-5-13-33(14-6-28)59-43(49)39-22-38(46-61-39)42(48)58-32-15-7-29(8-16-32)53-23-35-25-55-35/h3-18,21-22,35-36H,1-2,19-20,23-26H2. The second kappa shape index (κ2) is 20.1. The molecule has 0 amide bonds. The van der Waals surface area contributed by atoms with Crippen molar-refractivity contribution in [2.75, 3.05) is 39.6 Å². The Morgan fingerprint density at radius 2 is 0.742 bits per heavy atom. The van der Waals surface area contributed by atoms with E-state index in [1.165, 1.54) is 12.1 Å². The lowest BCUT2D eigenvalue weighted by molar-refractivity contribution is 0.0716. The Kier molecular flexibility index (Phi) is 13.6. The Hall–Kier alpha value is -6.86. The number of aromatic nitrogens is 2. The molecule has 0 bridgehead atoms. The molecule has 318 valence electrons. The first-order chi connectivity index (χ1) is 30.3. The fourth-order valence-corrected chi connectivity index (χ4v) is 6.48. The molecule has 6 aromatic rings. The van der Waals surface area contributed by atoms with E-state index < -0.39 is 23.9 Å². The Morgan fingerprint density at radius 1 is 0.452 bits per heavy atom. The summed E-state index contributed by atoms with van der Waals surface area (Å²) in [6.45, 7) is 3.19. The summed E-state index contributed by atoms with van der Waals surface area (Å²) >= 11 is 1.66. The van der Waals surface area contributed by atoms with Gasteiger partial charge in [0.2, 0.25) is 0 Å². The van der Waals surface area contributed by atoms with Gasteiger partial charge in [0.25, 0.3) is 0 Å². The summed E-state index contributed by atoms with van der Waals surface area (Å²) in [5.74, 6) is 0.910. The van der Waals surface area contributed by atoms with Gasteiger partial charge < -0.3 is 47.4 Å². The Bertz CT molecular complexity index is 2290. The molecule has 2 saturated heterocycles. The lowest BCUT2D eigenvalue weighted by atomic mass is 10.3. The van der Waals surface area contributed by atoms with Crippen molar-refractivity contribution in [2.24, 2.45) is 0 Å². The molecule has 2 unspecified atom stereocenters. The summed E-state index contributed by atoms with van der Waals surface area (Å²) in [7, 11) is 0. The molecule has 0 aliphatic carbocycles. The van der Waals surface area contributed by atoms with Crippen molar-refractivity contribution in [1.82, 2.24) is 8.75 Å². The van der Waals surface area contributed by atoms with Gasteiger partial charge in [0.15, 0.2) is 11.4 Å². The molecule has 2 atom stereocenters. The number of epoxide rings is 2. The van der Waals surface area contributed by atoms with E-state index in [2.05, 4.69) is 8.75 Å². The molecule has 2 aromatic heterocycles. The summed E-state index contributed by atoms with van der Waals surface area (Å²) in [4.78, 5) is 50.9. The maximum atomic E-state index is 12.7. The van der Waals surface area contributed by atoms with E-state index in [1.54, 1.807) is 97.1 Å². The lowest BCUT2D eigenvalue weighted by Crippen LogP contribution is -2.10. The molecule has 0 spiro atoms. The van der Waals surface area contributed by atoms with Gasteiger partial charge in [0.05, 0.1) is 26.4 Å². The topological polar surface area (TPSA) is 193 Å². The zero-order valence-corrected chi connectivity index (χ0v) is 34.3. The predicted octanol–water partition coefficient (Wildman–Crippen LogP) is 7.27. The smallest absolute Gasteiger partial charge is 0.363 e. The molecule has 0 saturated carbocycles. The quantitative estimate of drug-likeness (QED) is 0.0303. The molecule has 18 heteroatoms. The maximum Gasteiger partial charge on any atom is 0.363 e. The van der Waals surface area contributed by atoms with Crippen LogP contribution in [-0.2, 0) is 9.47 Å². The first kappa shape index (κ1) is 41.9. The summed E-state index contributed by atoms with van der Waals surface area (Å²) in [5.41, 5.74) is -0.0429. The van der Waals surface area contributed by atoms with E-state index >= 15 is 0 Å². The minimum atomic E-state index is -0.720. The van der Waals surface area contributed by atoms with Crippen LogP contribution in [0.25, 0.3) is 0 Å². The third-order valence-corrected chi connectivity index (χ3v) is 10.3. The van der Waals surface area contributed by atoms with Crippen molar-refractivity contribution in [3.8, 4) is 46.0 Å². The van der Waals surface area contributed by atoms with Crippen LogP contribution in [0.2, 0.25) is 0 Å². The minimum Gasteiger partial charge on any atom is -0.494 e. The number of esters is 4. The lowest BCUT2D eigenvalue weighted by Gasteiger charge is -2.09. The largest absolute Gasteiger partial charge is 0.494 e. The number of nitrogens with zero attached hydrogens (tertiary/aromatic N) is 2. The first-order valence-electron chi connectivity index (χ1n) is 19.3. The summed E-state index contributed by atoms with van der Waals surface area (Å²) in [5, 5.41) is 0. The molecule has 4 aromatic carbocycles. The first-order valence-corrected chi connectivity index (χ1v) is 20.8. The number of benzene rings is 4. The van der Waals surface area contributed by atoms with Crippen molar-refractivity contribution in [3.05, 3.63) is 130 Å². The van der Waals surface area contributed by atoms with Crippen LogP contribution in [0.4, 0.5) is 0 Å². The molecule has 16 nitrogen and oxygen atoms in total. The van der Waals surface area contributed by atoms with Crippen molar-refractivity contribution >= 4 is 46.9 Å². The number of rotatable bonds is 21. The zero-order valence-electron chi connectivity index (χ0n) is 32.6. The number of unbranched alkanes of at least 4 members (excludes halogenated alkanes) is 1. The molecule has 0 N–H and O–H groups in total. The highest BCUT2D eigenvalue weighted by Gasteiger charge is 2.24. The van der Waals surface area contributed by atoms with E-state index in [9.17, 15) is 19.2 Å². The monoisotopic (exact) mass is 880 g/mol. The average Bonchev–Trinajstić information content (AvgIpc) is 4.20. The van der Waals surface area contributed by atoms with E-state index in [0.29, 0.717) is 92.7 Å². The number of carbonyl (C=O) groups excluding carboxylic acids is 4. The van der Waals surface area contributed by atoms with E-state index in [-0.39, 0.29) is 39.1 Å². The van der Waals surface area contributed by atoms with Crippen molar-refractivity contribution in [3.63, 3.8) is 0 Å². The van der Waals surface area contributed by atoms with Gasteiger partial charge in [-0.1, -0.05) is 0 Å². The van der Waals surface area contributed by atoms with Gasteiger partial charge in [-0.25, -0.2) is 19.2 Å². The van der Waals surface area contributed by atoms with Crippen LogP contribution in [0.15, 0.2) is 109 Å². The highest BCUT2D eigenvalue weighted by molar-refractivity contribution is 7.08. The molecule has 2 aliphatic heterocycles. The number of hydrogen-bond donors (Lipinski definition) is 0. The van der Waals surface area contributed by atoms with Crippen LogP contribution in [0, 0.1) is 0 Å². The van der Waals surface area contributed by atoms with Crippen molar-refractivity contribution in [1.29, 1.82) is 0 Å². The van der Waals surface area contributed by atoms with Crippen LogP contribution in [0.1, 0.15) is 53.2 Å². The minimum absolute atomic E-state index is 0.0184. The maximum absolute atomic E-state index is 12.7. The summed E-state index contributed by atoms with van der Waals surface area (Å²) in [6.07, 6.45) is 1.68. The molecule has 62 heavy (non-hydrogen) atoms. The highest BCUT2D eigenvalue weighted by Crippen LogP contribution is 2.25. The van der Waals surface area contributed by atoms with E-state index in [4.69, 9.17) is 47.4 Å². The molecular formula is C44H36N2O14S2. The number of carbonyl (C=O) groups is 4. The predicted molar refractivity (Wildman–Crippen MR) is 221 cm³/mol. The van der Waals surface area contributed by atoms with Crippen LogP contribution in [-0.4, -0.2) is 84.5 Å². The van der Waals surface area contributed by atoms with E-state index in [0.717, 1.165) is 23.1 Å². The molecule has 0 radical (unpaired) electrons. The van der Waals surface area contributed by atoms with Crippen LogP contribution in [0.5, 0.6) is 46.0 Å². The third-order valence-electron chi connectivity index (χ3n) is 8.73. The van der Waals surface area contributed by atoms with Crippen LogP contribution >= 0.6 is 23.1 Å². The molecule has 8 rings (SSSR count). The molecule has 2 fully saturated rings. The van der Waals surface area contributed by atoms with Gasteiger partial charge >= 0.3 is 23.9 Å². The van der Waals surface area contributed by atoms with Crippen LogP contribution in [0.3, 0.4) is 0 Å². The Morgan fingerprint density at radius 3 is 1.06 bits per heavy atom. The van der Waals surface area contributed by atoms with Gasteiger partial charge in [-0.15, -0.1) is 0 Å². The molecule has 4 heterocycles.